The summed E-state index contributed by atoms with van der Waals surface area (Å²) in [5.74, 6) is 0.262. The highest BCUT2D eigenvalue weighted by molar-refractivity contribution is 5.76. The van der Waals surface area contributed by atoms with E-state index in [4.69, 9.17) is 9.52 Å². The summed E-state index contributed by atoms with van der Waals surface area (Å²) in [5, 5.41) is 12.0. The van der Waals surface area contributed by atoms with Crippen molar-refractivity contribution in [3.8, 4) is 11.3 Å². The van der Waals surface area contributed by atoms with Crippen molar-refractivity contribution >= 4 is 11.9 Å². The monoisotopic (exact) mass is 356 g/mol. The Labute approximate surface area is 152 Å². The van der Waals surface area contributed by atoms with Gasteiger partial charge in [-0.2, -0.15) is 0 Å². The third-order valence-electron chi connectivity index (χ3n) is 4.88. The van der Waals surface area contributed by atoms with E-state index in [9.17, 15) is 9.59 Å². The number of amides is 1. The summed E-state index contributed by atoms with van der Waals surface area (Å²) in [6.07, 6.45) is 3.45. The number of aryl methyl sites for hydroxylation is 2. The maximum atomic E-state index is 12.2. The number of aromatic nitrogens is 1. The Hall–Kier alpha value is -2.63. The van der Waals surface area contributed by atoms with Gasteiger partial charge in [-0.15, -0.1) is 0 Å². The van der Waals surface area contributed by atoms with Gasteiger partial charge in [0.05, 0.1) is 11.6 Å². The molecule has 6 heteroatoms. The Morgan fingerprint density at radius 3 is 2.54 bits per heavy atom. The van der Waals surface area contributed by atoms with Gasteiger partial charge in [0.25, 0.3) is 0 Å². The topological polar surface area (TPSA) is 92.4 Å². The maximum Gasteiger partial charge on any atom is 0.306 e. The second-order valence-corrected chi connectivity index (χ2v) is 6.84. The van der Waals surface area contributed by atoms with E-state index in [1.165, 1.54) is 0 Å². The number of hydrogen-bond acceptors (Lipinski definition) is 4. The zero-order valence-corrected chi connectivity index (χ0v) is 14.9. The standard InChI is InChI=1S/C20H24N2O4/c1-13-19(14-5-3-2-4-6-14)26-18(21-13)12-11-17(23)22-16-9-7-15(8-10-16)20(24)25/h2-6,15-16H,7-12H2,1H3,(H,22,23)(H,24,25). The van der Waals surface area contributed by atoms with Gasteiger partial charge in [-0.3, -0.25) is 9.59 Å². The number of carbonyl (C=O) groups excluding carboxylic acids is 1. The molecule has 26 heavy (non-hydrogen) atoms. The molecule has 0 spiro atoms. The van der Waals surface area contributed by atoms with Crippen LogP contribution < -0.4 is 5.32 Å². The van der Waals surface area contributed by atoms with E-state index in [0.29, 0.717) is 31.6 Å². The molecule has 1 aromatic carbocycles. The highest BCUT2D eigenvalue weighted by atomic mass is 16.4. The molecule has 1 aliphatic rings. The van der Waals surface area contributed by atoms with Crippen LogP contribution in [0.5, 0.6) is 0 Å². The molecule has 0 unspecified atom stereocenters. The minimum atomic E-state index is -0.733. The summed E-state index contributed by atoms with van der Waals surface area (Å²) in [6.45, 7) is 1.90. The van der Waals surface area contributed by atoms with Crippen molar-refractivity contribution < 1.29 is 19.1 Å². The van der Waals surface area contributed by atoms with Crippen LogP contribution in [0.3, 0.4) is 0 Å². The molecule has 0 aliphatic heterocycles. The first kappa shape index (κ1) is 18.2. The fourth-order valence-corrected chi connectivity index (χ4v) is 3.42. The van der Waals surface area contributed by atoms with Crippen LogP contribution in [-0.2, 0) is 16.0 Å². The van der Waals surface area contributed by atoms with E-state index in [2.05, 4.69) is 10.3 Å². The second-order valence-electron chi connectivity index (χ2n) is 6.84. The molecule has 1 aliphatic carbocycles. The van der Waals surface area contributed by atoms with Crippen LogP contribution in [0.4, 0.5) is 0 Å². The van der Waals surface area contributed by atoms with Gasteiger partial charge >= 0.3 is 5.97 Å². The van der Waals surface area contributed by atoms with E-state index in [0.717, 1.165) is 29.9 Å². The number of hydrogen-bond donors (Lipinski definition) is 2. The van der Waals surface area contributed by atoms with Gasteiger partial charge < -0.3 is 14.8 Å². The van der Waals surface area contributed by atoms with Gasteiger partial charge in [0, 0.05) is 24.4 Å². The van der Waals surface area contributed by atoms with Crippen LogP contribution in [0.2, 0.25) is 0 Å². The number of benzene rings is 1. The number of nitrogens with one attached hydrogen (secondary N) is 1. The Kier molecular flexibility index (Phi) is 5.71. The molecule has 138 valence electrons. The number of carboxylic acids is 1. The Morgan fingerprint density at radius 1 is 1.19 bits per heavy atom. The quantitative estimate of drug-likeness (QED) is 0.828. The van der Waals surface area contributed by atoms with Crippen molar-refractivity contribution in [1.29, 1.82) is 0 Å². The van der Waals surface area contributed by atoms with Crippen molar-refractivity contribution in [2.75, 3.05) is 0 Å². The van der Waals surface area contributed by atoms with Gasteiger partial charge in [-0.25, -0.2) is 4.98 Å². The molecule has 0 saturated heterocycles. The number of rotatable bonds is 6. The predicted octanol–water partition coefficient (Wildman–Crippen LogP) is 3.34. The maximum absolute atomic E-state index is 12.2. The molecule has 0 bridgehead atoms. The Bertz CT molecular complexity index is 761. The number of oxazole rings is 1. The average Bonchev–Trinajstić information content (AvgIpc) is 3.02. The fraction of sp³-hybridized carbons (Fsp3) is 0.450. The fourth-order valence-electron chi connectivity index (χ4n) is 3.42. The van der Waals surface area contributed by atoms with Crippen LogP contribution >= 0.6 is 0 Å². The largest absolute Gasteiger partial charge is 0.481 e. The minimum Gasteiger partial charge on any atom is -0.481 e. The van der Waals surface area contributed by atoms with Gasteiger partial charge in [-0.05, 0) is 32.6 Å². The van der Waals surface area contributed by atoms with Crippen molar-refractivity contribution in [2.24, 2.45) is 5.92 Å². The molecule has 3 rings (SSSR count). The van der Waals surface area contributed by atoms with Crippen LogP contribution in [0.25, 0.3) is 11.3 Å². The summed E-state index contributed by atoms with van der Waals surface area (Å²) in [5.41, 5.74) is 1.79. The highest BCUT2D eigenvalue weighted by Crippen LogP contribution is 2.26. The van der Waals surface area contributed by atoms with E-state index >= 15 is 0 Å². The van der Waals surface area contributed by atoms with Crippen LogP contribution in [0.15, 0.2) is 34.7 Å². The van der Waals surface area contributed by atoms with Crippen molar-refractivity contribution in [1.82, 2.24) is 10.3 Å². The van der Waals surface area contributed by atoms with Gasteiger partial charge in [-0.1, -0.05) is 30.3 Å². The lowest BCUT2D eigenvalue weighted by atomic mass is 9.86. The summed E-state index contributed by atoms with van der Waals surface area (Å²) in [6, 6.07) is 9.86. The molecular formula is C20H24N2O4. The predicted molar refractivity (Wildman–Crippen MR) is 96.5 cm³/mol. The third-order valence-corrected chi connectivity index (χ3v) is 4.88. The molecule has 0 atom stereocenters. The van der Waals surface area contributed by atoms with Crippen LogP contribution in [0.1, 0.15) is 43.7 Å². The lowest BCUT2D eigenvalue weighted by molar-refractivity contribution is -0.142. The van der Waals surface area contributed by atoms with Gasteiger partial charge in [0.1, 0.15) is 0 Å². The normalized spacial score (nSPS) is 19.9. The van der Waals surface area contributed by atoms with Crippen molar-refractivity contribution in [3.05, 3.63) is 41.9 Å². The first-order valence-corrected chi connectivity index (χ1v) is 9.07. The van der Waals surface area contributed by atoms with Crippen molar-refractivity contribution in [2.45, 2.75) is 51.5 Å². The lowest BCUT2D eigenvalue weighted by Crippen LogP contribution is -2.38. The average molecular weight is 356 g/mol. The zero-order valence-electron chi connectivity index (χ0n) is 14.9. The molecule has 1 fully saturated rings. The van der Waals surface area contributed by atoms with E-state index in [-0.39, 0.29) is 17.9 Å². The molecule has 2 aromatic rings. The highest BCUT2D eigenvalue weighted by Gasteiger charge is 2.26. The van der Waals surface area contributed by atoms with E-state index in [1.807, 2.05) is 37.3 Å². The SMILES string of the molecule is Cc1nc(CCC(=O)NC2CCC(C(=O)O)CC2)oc1-c1ccccc1. The first-order valence-electron chi connectivity index (χ1n) is 9.07. The molecule has 1 aromatic heterocycles. The first-order chi connectivity index (χ1) is 12.5. The van der Waals surface area contributed by atoms with E-state index in [1.54, 1.807) is 0 Å². The molecular weight excluding hydrogens is 332 g/mol. The minimum absolute atomic E-state index is 0.0408. The summed E-state index contributed by atoms with van der Waals surface area (Å²) in [4.78, 5) is 27.6. The second kappa shape index (κ2) is 8.17. The Balaban J connectivity index is 1.49. The molecule has 1 amide bonds. The summed E-state index contributed by atoms with van der Waals surface area (Å²) in [7, 11) is 0. The lowest BCUT2D eigenvalue weighted by Gasteiger charge is -2.26. The number of aliphatic carboxylic acids is 1. The molecule has 0 radical (unpaired) electrons. The molecule has 1 saturated carbocycles. The summed E-state index contributed by atoms with van der Waals surface area (Å²) < 4.78 is 5.82. The van der Waals surface area contributed by atoms with Crippen LogP contribution in [-0.4, -0.2) is 28.0 Å². The smallest absolute Gasteiger partial charge is 0.306 e. The number of carbonyl (C=O) groups is 2. The summed E-state index contributed by atoms with van der Waals surface area (Å²) >= 11 is 0. The van der Waals surface area contributed by atoms with Crippen LogP contribution in [0, 0.1) is 12.8 Å². The third kappa shape index (κ3) is 4.50. The number of nitrogens with zero attached hydrogens (tertiary/aromatic N) is 1. The Morgan fingerprint density at radius 2 is 1.88 bits per heavy atom. The molecule has 2 N–H and O–H groups in total. The number of carboxylic acid groups (broad SMARTS) is 1. The zero-order chi connectivity index (χ0) is 18.5. The molecule has 6 nitrogen and oxygen atoms in total. The van der Waals surface area contributed by atoms with Gasteiger partial charge in [0.15, 0.2) is 11.7 Å². The van der Waals surface area contributed by atoms with E-state index < -0.39 is 5.97 Å². The van der Waals surface area contributed by atoms with Gasteiger partial charge in [0.2, 0.25) is 5.91 Å². The van der Waals surface area contributed by atoms with Crippen molar-refractivity contribution in [3.63, 3.8) is 0 Å². The molecule has 1 heterocycles.